The van der Waals surface area contributed by atoms with E-state index in [-0.39, 0.29) is 5.16 Å². The Kier molecular flexibility index (Phi) is 2.66. The topological polar surface area (TPSA) is 30.7 Å². The molecular formula is C4H6BF3N3S-. The molecular weight excluding hydrogens is 190 g/mol. The zero-order valence-electron chi connectivity index (χ0n) is 6.25. The minimum atomic E-state index is -4.74. The number of aryl methyl sites for hydroxylation is 1. The number of hydrogen-bond donors (Lipinski definition) is 0. The van der Waals surface area contributed by atoms with Crippen LogP contribution in [-0.2, 0) is 7.05 Å². The Hall–Kier alpha value is -0.655. The fourth-order valence-electron chi connectivity index (χ4n) is 0.585. The Morgan fingerprint density at radius 2 is 2.25 bits per heavy atom. The Bertz CT molecular complexity index is 260. The highest BCUT2D eigenvalue weighted by Gasteiger charge is 2.23. The fraction of sp³-hybridized carbons (Fsp3) is 0.500. The molecule has 0 aliphatic heterocycles. The third-order valence-corrected chi connectivity index (χ3v) is 2.24. The molecule has 0 bridgehead atoms. The predicted molar refractivity (Wildman–Crippen MR) is 40.8 cm³/mol. The van der Waals surface area contributed by atoms with Crippen LogP contribution in [0.5, 0.6) is 0 Å². The van der Waals surface area contributed by atoms with Gasteiger partial charge in [0.2, 0.25) is 0 Å². The fourth-order valence-corrected chi connectivity index (χ4v) is 1.28. The first-order valence-electron chi connectivity index (χ1n) is 3.17. The van der Waals surface area contributed by atoms with Gasteiger partial charge in [0.05, 0.1) is 0 Å². The van der Waals surface area contributed by atoms with Crippen molar-refractivity contribution in [3.05, 3.63) is 6.33 Å². The Balaban J connectivity index is 2.49. The molecule has 0 saturated heterocycles. The Morgan fingerprint density at radius 1 is 1.58 bits per heavy atom. The third kappa shape index (κ3) is 2.76. The maximum atomic E-state index is 11.8. The lowest BCUT2D eigenvalue weighted by molar-refractivity contribution is 0.485. The highest BCUT2D eigenvalue weighted by molar-refractivity contribution is 8.00. The summed E-state index contributed by atoms with van der Waals surface area (Å²) in [5.41, 5.74) is -0.869. The minimum absolute atomic E-state index is 0.286. The molecule has 3 nitrogen and oxygen atoms in total. The van der Waals surface area contributed by atoms with Crippen LogP contribution in [0.3, 0.4) is 0 Å². The van der Waals surface area contributed by atoms with Crippen LogP contribution < -0.4 is 0 Å². The molecule has 0 amide bonds. The number of nitrogens with zero attached hydrogens (tertiary/aromatic N) is 3. The summed E-state index contributed by atoms with van der Waals surface area (Å²) in [6, 6.07) is 0. The smallest absolute Gasteiger partial charge is 0.448 e. The SMILES string of the molecule is Cn1ncnc1SC[B-](F)(F)F. The lowest BCUT2D eigenvalue weighted by Gasteiger charge is -2.11. The van der Waals surface area contributed by atoms with Gasteiger partial charge in [0.1, 0.15) is 6.33 Å². The average molecular weight is 196 g/mol. The summed E-state index contributed by atoms with van der Waals surface area (Å²) in [4.78, 5) is 3.64. The molecule has 0 fully saturated rings. The molecule has 0 radical (unpaired) electrons. The molecule has 0 aromatic carbocycles. The van der Waals surface area contributed by atoms with Gasteiger partial charge in [-0.25, -0.2) is 9.67 Å². The van der Waals surface area contributed by atoms with Gasteiger partial charge in [0, 0.05) is 7.05 Å². The lowest BCUT2D eigenvalue weighted by Crippen LogP contribution is -2.19. The Morgan fingerprint density at radius 3 is 2.67 bits per heavy atom. The molecule has 0 N–H and O–H groups in total. The van der Waals surface area contributed by atoms with Crippen molar-refractivity contribution < 1.29 is 12.9 Å². The zero-order chi connectivity index (χ0) is 9.19. The van der Waals surface area contributed by atoms with Crippen molar-refractivity contribution in [3.8, 4) is 0 Å². The molecule has 0 unspecified atom stereocenters. The molecule has 1 rings (SSSR count). The van der Waals surface area contributed by atoms with E-state index in [1.165, 1.54) is 11.0 Å². The number of thioether (sulfide) groups is 1. The summed E-state index contributed by atoms with van der Waals surface area (Å²) in [7, 11) is 1.55. The first-order valence-corrected chi connectivity index (χ1v) is 4.15. The van der Waals surface area contributed by atoms with Gasteiger partial charge in [-0.05, 0) is 5.65 Å². The van der Waals surface area contributed by atoms with Crippen LogP contribution in [0.15, 0.2) is 11.5 Å². The van der Waals surface area contributed by atoms with Crippen molar-refractivity contribution in [2.75, 3.05) is 5.65 Å². The quantitative estimate of drug-likeness (QED) is 0.539. The molecule has 1 aromatic rings. The van der Waals surface area contributed by atoms with E-state index in [2.05, 4.69) is 10.1 Å². The molecule has 0 aliphatic carbocycles. The number of aromatic nitrogens is 3. The van der Waals surface area contributed by atoms with E-state index in [0.29, 0.717) is 11.8 Å². The van der Waals surface area contributed by atoms with Crippen LogP contribution in [0, 0.1) is 0 Å². The standard InChI is InChI=1S/C4H6BF3N3S/c1-11-4(9-3-10-11)12-2-5(6,7)8/h3H,2H2,1H3/q-1. The lowest BCUT2D eigenvalue weighted by atomic mass is 9.98. The molecule has 1 heterocycles. The largest absolute Gasteiger partial charge is 0.488 e. The summed E-state index contributed by atoms with van der Waals surface area (Å²) in [5, 5.41) is 3.93. The molecule has 8 heteroatoms. The second-order valence-corrected chi connectivity index (χ2v) is 3.17. The molecule has 0 atom stereocenters. The van der Waals surface area contributed by atoms with Crippen LogP contribution in [0.1, 0.15) is 0 Å². The van der Waals surface area contributed by atoms with Gasteiger partial charge in [-0.3, -0.25) is 0 Å². The normalized spacial score (nSPS) is 12.0. The highest BCUT2D eigenvalue weighted by atomic mass is 32.2. The average Bonchev–Trinajstić information content (AvgIpc) is 2.29. The second kappa shape index (κ2) is 3.38. The zero-order valence-corrected chi connectivity index (χ0v) is 7.06. The summed E-state index contributed by atoms with van der Waals surface area (Å²) >= 11 is 0.653. The third-order valence-electron chi connectivity index (χ3n) is 1.07. The monoisotopic (exact) mass is 196 g/mol. The maximum Gasteiger partial charge on any atom is 0.488 e. The van der Waals surface area contributed by atoms with Crippen molar-refractivity contribution in [3.63, 3.8) is 0 Å². The van der Waals surface area contributed by atoms with Gasteiger partial charge >= 0.3 is 6.98 Å². The van der Waals surface area contributed by atoms with Crippen LogP contribution >= 0.6 is 11.8 Å². The summed E-state index contributed by atoms with van der Waals surface area (Å²) in [6.07, 6.45) is 1.23. The van der Waals surface area contributed by atoms with Crippen LogP contribution in [0.25, 0.3) is 0 Å². The van der Waals surface area contributed by atoms with Crippen LogP contribution in [-0.4, -0.2) is 27.4 Å². The Labute approximate surface area is 71.4 Å². The number of rotatable bonds is 3. The van der Waals surface area contributed by atoms with E-state index in [0.717, 1.165) is 0 Å². The second-order valence-electron chi connectivity index (χ2n) is 2.19. The van der Waals surface area contributed by atoms with Gasteiger partial charge in [-0.15, -0.1) is 11.8 Å². The van der Waals surface area contributed by atoms with Gasteiger partial charge < -0.3 is 12.9 Å². The first kappa shape index (κ1) is 9.43. The first-order chi connectivity index (χ1) is 5.49. The van der Waals surface area contributed by atoms with E-state index in [1.54, 1.807) is 7.05 Å². The molecule has 0 aliphatic rings. The molecule has 1 aromatic heterocycles. The van der Waals surface area contributed by atoms with Gasteiger partial charge in [0.15, 0.2) is 5.16 Å². The van der Waals surface area contributed by atoms with E-state index < -0.39 is 12.6 Å². The van der Waals surface area contributed by atoms with Crippen molar-refractivity contribution in [1.82, 2.24) is 14.8 Å². The highest BCUT2D eigenvalue weighted by Crippen LogP contribution is 2.21. The van der Waals surface area contributed by atoms with E-state index >= 15 is 0 Å². The maximum absolute atomic E-state index is 11.8. The van der Waals surface area contributed by atoms with Crippen molar-refractivity contribution in [2.45, 2.75) is 5.16 Å². The molecule has 0 saturated carbocycles. The summed E-state index contributed by atoms with van der Waals surface area (Å²) in [6.45, 7) is -4.74. The number of halogens is 3. The van der Waals surface area contributed by atoms with Gasteiger partial charge in [0.25, 0.3) is 0 Å². The van der Waals surface area contributed by atoms with Crippen molar-refractivity contribution in [1.29, 1.82) is 0 Å². The van der Waals surface area contributed by atoms with Gasteiger partial charge in [-0.1, -0.05) is 0 Å². The predicted octanol–water partition coefficient (Wildman–Crippen LogP) is 1.29. The summed E-state index contributed by atoms with van der Waals surface area (Å²) in [5.74, 6) is 0. The molecule has 0 spiro atoms. The molecule has 12 heavy (non-hydrogen) atoms. The summed E-state index contributed by atoms with van der Waals surface area (Å²) < 4.78 is 36.6. The van der Waals surface area contributed by atoms with E-state index in [4.69, 9.17) is 0 Å². The minimum Gasteiger partial charge on any atom is -0.448 e. The van der Waals surface area contributed by atoms with E-state index in [1.807, 2.05) is 0 Å². The molecule has 68 valence electrons. The van der Waals surface area contributed by atoms with Crippen molar-refractivity contribution >= 4 is 18.7 Å². The van der Waals surface area contributed by atoms with Crippen LogP contribution in [0.4, 0.5) is 12.9 Å². The van der Waals surface area contributed by atoms with Crippen molar-refractivity contribution in [2.24, 2.45) is 7.05 Å². The van der Waals surface area contributed by atoms with Crippen LogP contribution in [0.2, 0.25) is 0 Å². The van der Waals surface area contributed by atoms with Gasteiger partial charge in [-0.2, -0.15) is 5.10 Å². The number of hydrogen-bond acceptors (Lipinski definition) is 3. The van der Waals surface area contributed by atoms with E-state index in [9.17, 15) is 12.9 Å².